The third-order valence-electron chi connectivity index (χ3n) is 10.1. The molecule has 4 fully saturated rings. The average Bonchev–Trinajstić information content (AvgIpc) is 3.83. The quantitative estimate of drug-likeness (QED) is 0.241. The smallest absolute Gasteiger partial charge is 0.226 e. The number of benzene rings is 2. The van der Waals surface area contributed by atoms with Crippen LogP contribution >= 0.6 is 23.2 Å². The van der Waals surface area contributed by atoms with Gasteiger partial charge in [0.25, 0.3) is 0 Å². The first-order chi connectivity index (χ1) is 20.9. The van der Waals surface area contributed by atoms with E-state index in [0.717, 1.165) is 72.9 Å². The van der Waals surface area contributed by atoms with Gasteiger partial charge < -0.3 is 14.8 Å². The Balaban J connectivity index is 1.40. The van der Waals surface area contributed by atoms with Crippen LogP contribution < -0.4 is 5.32 Å². The Hall–Kier alpha value is -3.18. The number of likely N-dealkylation sites (tertiary alicyclic amines) is 1. The molecule has 2 aromatic carbocycles. The van der Waals surface area contributed by atoms with Crippen LogP contribution in [0, 0.1) is 35.9 Å². The van der Waals surface area contributed by atoms with Gasteiger partial charge in [0, 0.05) is 64.3 Å². The molecular weight excluding hydrogens is 584 g/mol. The Morgan fingerprint density at radius 3 is 2.77 bits per heavy atom. The molecule has 6 nitrogen and oxygen atoms in total. The van der Waals surface area contributed by atoms with Crippen molar-refractivity contribution in [1.82, 2.24) is 19.8 Å². The third kappa shape index (κ3) is 4.29. The molecule has 0 bridgehead atoms. The Morgan fingerprint density at radius 2 is 2.02 bits per heavy atom. The van der Waals surface area contributed by atoms with E-state index in [1.165, 1.54) is 0 Å². The number of nitrogens with zero attached hydrogens (tertiary/aromatic N) is 4. The molecule has 0 spiro atoms. The van der Waals surface area contributed by atoms with Gasteiger partial charge in [-0.1, -0.05) is 35.3 Å². The highest BCUT2D eigenvalue weighted by molar-refractivity contribution is 6.43. The van der Waals surface area contributed by atoms with Crippen molar-refractivity contribution in [3.8, 4) is 17.2 Å². The zero-order chi connectivity index (χ0) is 29.6. The highest BCUT2D eigenvalue weighted by Gasteiger charge is 2.56. The summed E-state index contributed by atoms with van der Waals surface area (Å²) < 4.78 is 19.3. The first-order valence-electron chi connectivity index (χ1n) is 15.4. The molecule has 2 saturated heterocycles. The number of pyridine rings is 1. The minimum atomic E-state index is -0.453. The topological polar surface area (TPSA) is 74.0 Å². The fourth-order valence-electron chi connectivity index (χ4n) is 7.77. The summed E-state index contributed by atoms with van der Waals surface area (Å²) in [7, 11) is 0. The standard InChI is InChI=1S/C34H32Cl2FN5O/c1-17-23-15-28(27-14-20-13-26(20)42(27)34(43)18-7-8-18)41(21-9-11-39-16-21)33(23)24-12-19(4-3-10-38)29(31(37)32(24)40-17)22-5-2-6-25(35)30(22)36/h2,5-6,12,15,18,20-21,26-27,39H,3-4,7-9,11,13-14,16H2,1H3. The third-order valence-corrected chi connectivity index (χ3v) is 10.9. The van der Waals surface area contributed by atoms with Gasteiger partial charge >= 0.3 is 0 Å². The van der Waals surface area contributed by atoms with Crippen molar-refractivity contribution >= 4 is 50.9 Å². The van der Waals surface area contributed by atoms with Gasteiger partial charge in [0.05, 0.1) is 27.7 Å². The first kappa shape index (κ1) is 27.4. The minimum Gasteiger partial charge on any atom is -0.338 e. The molecule has 220 valence electrons. The molecule has 1 N–H and O–H groups in total. The molecule has 9 heteroatoms. The van der Waals surface area contributed by atoms with Gasteiger partial charge in [-0.05, 0) is 81.7 Å². The van der Waals surface area contributed by atoms with E-state index in [2.05, 4.69) is 26.9 Å². The molecule has 4 atom stereocenters. The molecule has 4 aromatic rings. The summed E-state index contributed by atoms with van der Waals surface area (Å²) in [6, 6.07) is 12.2. The number of rotatable bonds is 6. The Labute approximate surface area is 259 Å². The van der Waals surface area contributed by atoms with Crippen molar-refractivity contribution in [3.05, 3.63) is 63.1 Å². The van der Waals surface area contributed by atoms with E-state index in [1.54, 1.807) is 18.2 Å². The van der Waals surface area contributed by atoms with E-state index in [9.17, 15) is 10.1 Å². The van der Waals surface area contributed by atoms with E-state index in [-0.39, 0.29) is 35.0 Å². The fraction of sp³-hybridized carbons (Fsp3) is 0.441. The van der Waals surface area contributed by atoms with Gasteiger partial charge in [0.2, 0.25) is 5.91 Å². The number of nitrogens with one attached hydrogen (secondary N) is 1. The van der Waals surface area contributed by atoms with Gasteiger partial charge in [-0.3, -0.25) is 4.79 Å². The second kappa shape index (κ2) is 10.2. The molecular formula is C34H32Cl2FN5O. The van der Waals surface area contributed by atoms with E-state index in [1.807, 2.05) is 13.0 Å². The van der Waals surface area contributed by atoms with Crippen LogP contribution in [-0.4, -0.2) is 39.5 Å². The molecule has 8 rings (SSSR count). The summed E-state index contributed by atoms with van der Waals surface area (Å²) in [6.45, 7) is 3.67. The summed E-state index contributed by atoms with van der Waals surface area (Å²) in [5.41, 5.74) is 4.69. The maximum Gasteiger partial charge on any atom is 0.226 e. The Kier molecular flexibility index (Phi) is 6.49. The summed E-state index contributed by atoms with van der Waals surface area (Å²) in [5, 5.41) is 15.4. The lowest BCUT2D eigenvalue weighted by Crippen LogP contribution is -2.36. The van der Waals surface area contributed by atoms with Gasteiger partial charge in [-0.25, -0.2) is 9.37 Å². The number of hydrogen-bond donors (Lipinski definition) is 1. The molecule has 2 aliphatic heterocycles. The number of hydrogen-bond acceptors (Lipinski definition) is 4. The van der Waals surface area contributed by atoms with Crippen molar-refractivity contribution in [1.29, 1.82) is 5.26 Å². The lowest BCUT2D eigenvalue weighted by Gasteiger charge is -2.30. The van der Waals surface area contributed by atoms with Crippen LogP contribution in [0.2, 0.25) is 10.0 Å². The van der Waals surface area contributed by atoms with Crippen LogP contribution in [0.5, 0.6) is 0 Å². The van der Waals surface area contributed by atoms with Crippen molar-refractivity contribution in [3.63, 3.8) is 0 Å². The fourth-order valence-corrected chi connectivity index (χ4v) is 8.16. The van der Waals surface area contributed by atoms with Crippen molar-refractivity contribution in [2.45, 2.75) is 70.0 Å². The number of halogens is 3. The van der Waals surface area contributed by atoms with Crippen molar-refractivity contribution in [2.24, 2.45) is 11.8 Å². The van der Waals surface area contributed by atoms with Crippen LogP contribution in [-0.2, 0) is 11.2 Å². The van der Waals surface area contributed by atoms with Crippen LogP contribution in [0.1, 0.15) is 67.6 Å². The largest absolute Gasteiger partial charge is 0.338 e. The zero-order valence-electron chi connectivity index (χ0n) is 24.0. The molecule has 4 unspecified atom stereocenters. The molecule has 0 radical (unpaired) electrons. The number of amides is 1. The normalized spacial score (nSPS) is 24.6. The molecule has 4 aliphatic rings. The first-order valence-corrected chi connectivity index (χ1v) is 16.1. The van der Waals surface area contributed by atoms with E-state index in [0.29, 0.717) is 46.0 Å². The molecule has 4 heterocycles. The van der Waals surface area contributed by atoms with E-state index in [4.69, 9.17) is 28.2 Å². The minimum absolute atomic E-state index is 0.0201. The van der Waals surface area contributed by atoms with E-state index >= 15 is 4.39 Å². The SMILES string of the molecule is Cc1nc2c(F)c(-c3cccc(Cl)c3Cl)c(CCC#N)cc2c2c1cc(C1CC3CC3N1C(=O)C1CC1)n2C1CCNC1. The van der Waals surface area contributed by atoms with Crippen molar-refractivity contribution < 1.29 is 9.18 Å². The van der Waals surface area contributed by atoms with Gasteiger partial charge in [0.1, 0.15) is 5.52 Å². The van der Waals surface area contributed by atoms with Gasteiger partial charge in [-0.15, -0.1) is 0 Å². The number of carbonyl (C=O) groups excluding carboxylic acids is 1. The molecule has 2 saturated carbocycles. The summed E-state index contributed by atoms with van der Waals surface area (Å²) in [4.78, 5) is 20.6. The predicted molar refractivity (Wildman–Crippen MR) is 167 cm³/mol. The number of piperidine rings is 1. The average molecular weight is 617 g/mol. The van der Waals surface area contributed by atoms with Crippen molar-refractivity contribution in [2.75, 3.05) is 13.1 Å². The van der Waals surface area contributed by atoms with Crippen LogP contribution in [0.25, 0.3) is 32.9 Å². The second-order valence-electron chi connectivity index (χ2n) is 12.8. The monoisotopic (exact) mass is 615 g/mol. The number of aryl methyl sites for hydroxylation is 2. The second-order valence-corrected chi connectivity index (χ2v) is 13.5. The highest BCUT2D eigenvalue weighted by atomic mass is 35.5. The molecule has 2 aliphatic carbocycles. The number of aromatic nitrogens is 2. The van der Waals surface area contributed by atoms with Crippen LogP contribution in [0.3, 0.4) is 0 Å². The number of nitriles is 1. The highest BCUT2D eigenvalue weighted by Crippen LogP contribution is 2.56. The lowest BCUT2D eigenvalue weighted by atomic mass is 9.93. The van der Waals surface area contributed by atoms with Gasteiger partial charge in [0.15, 0.2) is 5.82 Å². The molecule has 43 heavy (non-hydrogen) atoms. The lowest BCUT2D eigenvalue weighted by molar-refractivity contribution is -0.134. The maximum atomic E-state index is 16.9. The number of carbonyl (C=O) groups is 1. The molecule has 2 aromatic heterocycles. The Bertz CT molecular complexity index is 1870. The Morgan fingerprint density at radius 1 is 1.19 bits per heavy atom. The van der Waals surface area contributed by atoms with Gasteiger partial charge in [-0.2, -0.15) is 5.26 Å². The molecule has 1 amide bonds. The maximum absolute atomic E-state index is 16.9. The van der Waals surface area contributed by atoms with E-state index < -0.39 is 5.82 Å². The zero-order valence-corrected chi connectivity index (χ0v) is 25.5. The summed E-state index contributed by atoms with van der Waals surface area (Å²) >= 11 is 13.0. The summed E-state index contributed by atoms with van der Waals surface area (Å²) in [5.74, 6) is 0.595. The predicted octanol–water partition coefficient (Wildman–Crippen LogP) is 7.67. The van der Waals surface area contributed by atoms with Crippen LogP contribution in [0.15, 0.2) is 30.3 Å². The number of fused-ring (bicyclic) bond motifs is 4. The summed E-state index contributed by atoms with van der Waals surface area (Å²) in [6.07, 6.45) is 5.62. The van der Waals surface area contributed by atoms with Crippen LogP contribution in [0.4, 0.5) is 4.39 Å².